The van der Waals surface area contributed by atoms with Gasteiger partial charge in [-0.05, 0) is 72.7 Å². The average Bonchev–Trinajstić information content (AvgIpc) is 3.66. The monoisotopic (exact) mass is 592 g/mol. The Bertz CT molecular complexity index is 2020. The summed E-state index contributed by atoms with van der Waals surface area (Å²) < 4.78 is 23.4. The van der Waals surface area contributed by atoms with Crippen molar-refractivity contribution in [2.24, 2.45) is 4.99 Å². The Labute approximate surface area is 249 Å². The minimum absolute atomic E-state index is 0.0694. The minimum atomic E-state index is -0.812. The van der Waals surface area contributed by atoms with Gasteiger partial charge in [0.2, 0.25) is 5.76 Å². The number of methoxy groups -OCH3 is 1. The Morgan fingerprint density at radius 3 is 2.40 bits per heavy atom. The van der Waals surface area contributed by atoms with Gasteiger partial charge in [0.1, 0.15) is 17.2 Å². The number of furan rings is 1. The number of rotatable bonds is 7. The van der Waals surface area contributed by atoms with Gasteiger partial charge in [0.15, 0.2) is 4.80 Å². The van der Waals surface area contributed by atoms with E-state index in [0.717, 1.165) is 5.56 Å². The molecular formula is C33H24N2O7S. The van der Waals surface area contributed by atoms with Crippen molar-refractivity contribution in [3.63, 3.8) is 0 Å². The lowest BCUT2D eigenvalue weighted by atomic mass is 9.96. The molecule has 0 N–H and O–H groups in total. The number of carbonyl (C=O) groups excluding carboxylic acids is 2. The second-order valence-electron chi connectivity index (χ2n) is 9.50. The van der Waals surface area contributed by atoms with Gasteiger partial charge in [0.25, 0.3) is 5.56 Å². The molecule has 5 aromatic rings. The van der Waals surface area contributed by atoms with Crippen LogP contribution in [0.2, 0.25) is 0 Å². The van der Waals surface area contributed by atoms with Gasteiger partial charge >= 0.3 is 11.9 Å². The van der Waals surface area contributed by atoms with Crippen LogP contribution >= 0.6 is 11.3 Å². The lowest BCUT2D eigenvalue weighted by Crippen LogP contribution is -2.39. The number of esters is 2. The summed E-state index contributed by atoms with van der Waals surface area (Å²) in [5, 5.41) is 0. The smallest absolute Gasteiger partial charge is 0.379 e. The Hall–Kier alpha value is -5.48. The van der Waals surface area contributed by atoms with E-state index in [-0.39, 0.29) is 22.6 Å². The molecule has 214 valence electrons. The van der Waals surface area contributed by atoms with E-state index in [2.05, 4.69) is 4.99 Å². The average molecular weight is 593 g/mol. The molecule has 3 aromatic carbocycles. The molecule has 1 atom stereocenters. The number of benzene rings is 3. The Balaban J connectivity index is 1.38. The molecular weight excluding hydrogens is 568 g/mol. The standard InChI is InChI=1S/C33H24N2O7S/c1-20-28(32(38)39-2)29(22-13-15-24(16-14-22)42-31(37)26-12-7-17-40-26)35-30(36)27(43-33(35)34-20)19-21-8-6-11-25(18-21)41-23-9-4-3-5-10-23/h3-19,29H,1-2H3. The number of para-hydroxylation sites is 1. The number of allylic oxidation sites excluding steroid dienone is 1. The molecule has 0 amide bonds. The van der Waals surface area contributed by atoms with Crippen LogP contribution in [0.15, 0.2) is 123 Å². The van der Waals surface area contributed by atoms with E-state index in [9.17, 15) is 14.4 Å². The maximum atomic E-state index is 13.9. The van der Waals surface area contributed by atoms with Gasteiger partial charge in [-0.15, -0.1) is 0 Å². The molecule has 0 aliphatic carbocycles. The van der Waals surface area contributed by atoms with Crippen LogP contribution in [0.25, 0.3) is 6.08 Å². The first-order valence-electron chi connectivity index (χ1n) is 13.2. The molecule has 10 heteroatoms. The summed E-state index contributed by atoms with van der Waals surface area (Å²) in [6.07, 6.45) is 3.15. The predicted octanol–water partition coefficient (Wildman–Crippen LogP) is 5.01. The molecule has 2 aromatic heterocycles. The lowest BCUT2D eigenvalue weighted by Gasteiger charge is -2.24. The molecule has 0 spiro atoms. The normalized spacial score (nSPS) is 14.6. The van der Waals surface area contributed by atoms with Crippen LogP contribution in [0.5, 0.6) is 17.2 Å². The quantitative estimate of drug-likeness (QED) is 0.193. The number of aromatic nitrogens is 1. The van der Waals surface area contributed by atoms with E-state index in [1.165, 1.54) is 35.3 Å². The largest absolute Gasteiger partial charge is 0.466 e. The second-order valence-corrected chi connectivity index (χ2v) is 10.5. The first-order valence-corrected chi connectivity index (χ1v) is 14.0. The molecule has 0 fully saturated rings. The molecule has 1 aliphatic rings. The van der Waals surface area contributed by atoms with Gasteiger partial charge in [-0.3, -0.25) is 9.36 Å². The zero-order valence-electron chi connectivity index (χ0n) is 23.1. The maximum Gasteiger partial charge on any atom is 0.379 e. The van der Waals surface area contributed by atoms with Gasteiger partial charge in [-0.25, -0.2) is 14.6 Å². The third-order valence-corrected chi connectivity index (χ3v) is 7.67. The number of carbonyl (C=O) groups is 2. The Morgan fingerprint density at radius 1 is 0.907 bits per heavy atom. The van der Waals surface area contributed by atoms with Gasteiger partial charge in [0.05, 0.1) is 35.2 Å². The van der Waals surface area contributed by atoms with Crippen LogP contribution in [0.1, 0.15) is 34.6 Å². The Morgan fingerprint density at radius 2 is 1.67 bits per heavy atom. The fourth-order valence-electron chi connectivity index (χ4n) is 4.72. The summed E-state index contributed by atoms with van der Waals surface area (Å²) in [7, 11) is 1.28. The summed E-state index contributed by atoms with van der Waals surface area (Å²) in [5.74, 6) is 0.429. The third-order valence-electron chi connectivity index (χ3n) is 6.69. The molecule has 6 rings (SSSR count). The van der Waals surface area contributed by atoms with Crippen LogP contribution < -0.4 is 24.4 Å². The highest BCUT2D eigenvalue weighted by Crippen LogP contribution is 2.32. The molecule has 1 aliphatic heterocycles. The molecule has 0 bridgehead atoms. The van der Waals surface area contributed by atoms with Crippen molar-refractivity contribution in [2.45, 2.75) is 13.0 Å². The predicted molar refractivity (Wildman–Crippen MR) is 159 cm³/mol. The summed E-state index contributed by atoms with van der Waals surface area (Å²) in [5.41, 5.74) is 1.74. The van der Waals surface area contributed by atoms with E-state index in [4.69, 9.17) is 18.6 Å². The fraction of sp³-hybridized carbons (Fsp3) is 0.0909. The summed E-state index contributed by atoms with van der Waals surface area (Å²) in [6, 6.07) is 25.7. The number of thiazole rings is 1. The van der Waals surface area contributed by atoms with E-state index in [0.29, 0.717) is 32.1 Å². The molecule has 1 unspecified atom stereocenters. The lowest BCUT2D eigenvalue weighted by molar-refractivity contribution is -0.136. The van der Waals surface area contributed by atoms with Crippen LogP contribution in [0, 0.1) is 0 Å². The van der Waals surface area contributed by atoms with Crippen molar-refractivity contribution in [1.82, 2.24) is 4.57 Å². The van der Waals surface area contributed by atoms with Crippen molar-refractivity contribution in [1.29, 1.82) is 0 Å². The molecule has 3 heterocycles. The van der Waals surface area contributed by atoms with Crippen molar-refractivity contribution >= 4 is 29.4 Å². The number of hydrogen-bond donors (Lipinski definition) is 0. The minimum Gasteiger partial charge on any atom is -0.466 e. The first kappa shape index (κ1) is 27.7. The number of ether oxygens (including phenoxy) is 3. The van der Waals surface area contributed by atoms with E-state index >= 15 is 0 Å². The topological polar surface area (TPSA) is 109 Å². The van der Waals surface area contributed by atoms with Gasteiger partial charge < -0.3 is 18.6 Å². The third kappa shape index (κ3) is 5.68. The summed E-state index contributed by atoms with van der Waals surface area (Å²) in [6.45, 7) is 1.71. The number of fused-ring (bicyclic) bond motifs is 1. The maximum absolute atomic E-state index is 13.9. The highest BCUT2D eigenvalue weighted by atomic mass is 32.1. The highest BCUT2D eigenvalue weighted by Gasteiger charge is 2.33. The number of hydrogen-bond acceptors (Lipinski definition) is 9. The fourth-order valence-corrected chi connectivity index (χ4v) is 5.77. The van der Waals surface area contributed by atoms with Crippen LogP contribution in [-0.2, 0) is 9.53 Å². The van der Waals surface area contributed by atoms with E-state index in [1.54, 1.807) is 43.3 Å². The Kier molecular flexibility index (Phi) is 7.59. The van der Waals surface area contributed by atoms with Crippen LogP contribution in [0.3, 0.4) is 0 Å². The molecule has 0 radical (unpaired) electrons. The van der Waals surface area contributed by atoms with E-state index in [1.807, 2.05) is 54.6 Å². The highest BCUT2D eigenvalue weighted by molar-refractivity contribution is 7.07. The SMILES string of the molecule is COC(=O)C1=C(C)N=c2sc(=Cc3cccc(Oc4ccccc4)c3)c(=O)n2C1c1ccc(OC(=O)c2ccco2)cc1. The number of nitrogens with zero attached hydrogens (tertiary/aromatic N) is 2. The zero-order chi connectivity index (χ0) is 29.9. The van der Waals surface area contributed by atoms with Gasteiger partial charge in [0, 0.05) is 0 Å². The molecule has 0 saturated heterocycles. The van der Waals surface area contributed by atoms with Crippen molar-refractivity contribution in [3.8, 4) is 17.2 Å². The summed E-state index contributed by atoms with van der Waals surface area (Å²) in [4.78, 5) is 44.2. The van der Waals surface area contributed by atoms with Crippen LogP contribution in [0.4, 0.5) is 0 Å². The molecule has 9 nitrogen and oxygen atoms in total. The second kappa shape index (κ2) is 11.8. The van der Waals surface area contributed by atoms with Gasteiger partial charge in [-0.2, -0.15) is 0 Å². The molecule has 0 saturated carbocycles. The van der Waals surface area contributed by atoms with Crippen molar-refractivity contribution in [3.05, 3.63) is 145 Å². The molecule has 43 heavy (non-hydrogen) atoms. The van der Waals surface area contributed by atoms with Crippen LogP contribution in [-0.4, -0.2) is 23.6 Å². The van der Waals surface area contributed by atoms with Crippen molar-refractivity contribution < 1.29 is 28.2 Å². The first-order chi connectivity index (χ1) is 20.9. The van der Waals surface area contributed by atoms with E-state index < -0.39 is 18.0 Å². The van der Waals surface area contributed by atoms with Gasteiger partial charge in [-0.1, -0.05) is 53.8 Å². The summed E-state index contributed by atoms with van der Waals surface area (Å²) >= 11 is 1.22. The van der Waals surface area contributed by atoms with Crippen molar-refractivity contribution in [2.75, 3.05) is 7.11 Å². The zero-order valence-corrected chi connectivity index (χ0v) is 23.9.